The zero-order valence-electron chi connectivity index (χ0n) is 10.2. The van der Waals surface area contributed by atoms with Gasteiger partial charge in [-0.05, 0) is 38.5 Å². The van der Waals surface area contributed by atoms with Gasteiger partial charge >= 0.3 is 0 Å². The maximum absolute atomic E-state index is 9.90. The minimum Gasteiger partial charge on any atom is -0.389 e. The van der Waals surface area contributed by atoms with E-state index < -0.39 is 5.60 Å². The highest BCUT2D eigenvalue weighted by atomic mass is 16.3. The average molecular weight is 220 g/mol. The molecule has 2 N–H and O–H groups in total. The second-order valence-electron chi connectivity index (χ2n) is 5.18. The molecule has 0 aliphatic carbocycles. The zero-order chi connectivity index (χ0) is 11.8. The monoisotopic (exact) mass is 220 g/mol. The standard InChI is InChI=1S/C13H20N2O/c1-10-4-5-11-12(8-10)15(7-6-14-11)9-13(2,3)16/h4-5,8,14,16H,6-7,9H2,1-3H3. The minimum absolute atomic E-state index is 0.654. The molecule has 0 amide bonds. The number of anilines is 2. The van der Waals surface area contributed by atoms with Crippen molar-refractivity contribution in [3.8, 4) is 0 Å². The summed E-state index contributed by atoms with van der Waals surface area (Å²) in [7, 11) is 0. The van der Waals surface area contributed by atoms with Gasteiger partial charge in [-0.1, -0.05) is 6.07 Å². The first-order chi connectivity index (χ1) is 7.46. The van der Waals surface area contributed by atoms with E-state index in [9.17, 15) is 5.11 Å². The van der Waals surface area contributed by atoms with Gasteiger partial charge in [0, 0.05) is 19.6 Å². The largest absolute Gasteiger partial charge is 0.389 e. The Kier molecular flexibility index (Phi) is 2.80. The van der Waals surface area contributed by atoms with Crippen LogP contribution in [0.5, 0.6) is 0 Å². The third-order valence-electron chi connectivity index (χ3n) is 2.77. The van der Waals surface area contributed by atoms with Crippen LogP contribution in [0, 0.1) is 6.92 Å². The molecule has 0 radical (unpaired) electrons. The van der Waals surface area contributed by atoms with E-state index in [0.717, 1.165) is 13.1 Å². The number of nitrogens with one attached hydrogen (secondary N) is 1. The summed E-state index contributed by atoms with van der Waals surface area (Å²) < 4.78 is 0. The molecule has 2 rings (SSSR count). The van der Waals surface area contributed by atoms with Crippen LogP contribution in [0.2, 0.25) is 0 Å². The number of fused-ring (bicyclic) bond motifs is 1. The highest BCUT2D eigenvalue weighted by Crippen LogP contribution is 2.30. The number of nitrogens with zero attached hydrogens (tertiary/aromatic N) is 1. The summed E-state index contributed by atoms with van der Waals surface area (Å²) in [6, 6.07) is 6.40. The molecule has 3 heteroatoms. The lowest BCUT2D eigenvalue weighted by Crippen LogP contribution is -2.43. The number of aryl methyl sites for hydroxylation is 1. The lowest BCUT2D eigenvalue weighted by atomic mass is 10.1. The SMILES string of the molecule is Cc1ccc2c(c1)N(CC(C)(C)O)CCN2. The van der Waals surface area contributed by atoms with Crippen molar-refractivity contribution < 1.29 is 5.11 Å². The number of hydrogen-bond donors (Lipinski definition) is 2. The van der Waals surface area contributed by atoms with Crippen LogP contribution in [0.3, 0.4) is 0 Å². The van der Waals surface area contributed by atoms with Crippen molar-refractivity contribution in [2.75, 3.05) is 29.9 Å². The predicted octanol–water partition coefficient (Wildman–Crippen LogP) is 2.00. The molecule has 0 spiro atoms. The quantitative estimate of drug-likeness (QED) is 0.800. The lowest BCUT2D eigenvalue weighted by molar-refractivity contribution is 0.0874. The molecule has 88 valence electrons. The van der Waals surface area contributed by atoms with Gasteiger partial charge in [-0.15, -0.1) is 0 Å². The van der Waals surface area contributed by atoms with Crippen molar-refractivity contribution in [2.24, 2.45) is 0 Å². The highest BCUT2D eigenvalue weighted by Gasteiger charge is 2.22. The molecule has 0 bridgehead atoms. The Morgan fingerprint density at radius 2 is 2.19 bits per heavy atom. The minimum atomic E-state index is -0.654. The first-order valence-corrected chi connectivity index (χ1v) is 5.77. The van der Waals surface area contributed by atoms with Crippen molar-refractivity contribution in [3.63, 3.8) is 0 Å². The topological polar surface area (TPSA) is 35.5 Å². The molecule has 0 saturated heterocycles. The lowest BCUT2D eigenvalue weighted by Gasteiger charge is -2.36. The summed E-state index contributed by atoms with van der Waals surface area (Å²) in [5, 5.41) is 13.3. The van der Waals surface area contributed by atoms with Crippen molar-refractivity contribution in [3.05, 3.63) is 23.8 Å². The van der Waals surface area contributed by atoms with E-state index in [0.29, 0.717) is 6.54 Å². The average Bonchev–Trinajstić information content (AvgIpc) is 2.17. The molecule has 1 aliphatic rings. The smallest absolute Gasteiger partial charge is 0.0765 e. The molecule has 0 aromatic heterocycles. The molecule has 0 saturated carbocycles. The van der Waals surface area contributed by atoms with Crippen LogP contribution >= 0.6 is 0 Å². The molecule has 16 heavy (non-hydrogen) atoms. The summed E-state index contributed by atoms with van der Waals surface area (Å²) in [6.45, 7) is 8.35. The summed E-state index contributed by atoms with van der Waals surface area (Å²) in [6.07, 6.45) is 0. The Hall–Kier alpha value is -1.22. The van der Waals surface area contributed by atoms with E-state index in [2.05, 4.69) is 35.3 Å². The van der Waals surface area contributed by atoms with Crippen molar-refractivity contribution >= 4 is 11.4 Å². The fourth-order valence-corrected chi connectivity index (χ4v) is 2.13. The predicted molar refractivity (Wildman–Crippen MR) is 68.2 cm³/mol. The van der Waals surface area contributed by atoms with Crippen LogP contribution in [0.4, 0.5) is 11.4 Å². The van der Waals surface area contributed by atoms with Crippen LogP contribution in [0.25, 0.3) is 0 Å². The van der Waals surface area contributed by atoms with Crippen LogP contribution in [0.15, 0.2) is 18.2 Å². The molecule has 3 nitrogen and oxygen atoms in total. The highest BCUT2D eigenvalue weighted by molar-refractivity contribution is 5.73. The van der Waals surface area contributed by atoms with Gasteiger partial charge < -0.3 is 15.3 Å². The normalized spacial score (nSPS) is 15.6. The molecular weight excluding hydrogens is 200 g/mol. The number of rotatable bonds is 2. The number of β-amino-alcohol motifs (C(OH)–C–C–N with tert-alkyl or cyclic N) is 1. The zero-order valence-corrected chi connectivity index (χ0v) is 10.2. The Bertz CT molecular complexity index is 382. The molecular formula is C13H20N2O. The van der Waals surface area contributed by atoms with Gasteiger partial charge in [-0.25, -0.2) is 0 Å². The Morgan fingerprint density at radius 1 is 1.44 bits per heavy atom. The number of hydrogen-bond acceptors (Lipinski definition) is 3. The van der Waals surface area contributed by atoms with Gasteiger partial charge in [0.25, 0.3) is 0 Å². The van der Waals surface area contributed by atoms with Gasteiger partial charge in [0.1, 0.15) is 0 Å². The maximum atomic E-state index is 9.90. The molecule has 0 unspecified atom stereocenters. The van der Waals surface area contributed by atoms with Gasteiger partial charge in [0.15, 0.2) is 0 Å². The van der Waals surface area contributed by atoms with Crippen LogP contribution in [-0.4, -0.2) is 30.3 Å². The second kappa shape index (κ2) is 3.98. The van der Waals surface area contributed by atoms with E-state index in [4.69, 9.17) is 0 Å². The van der Waals surface area contributed by atoms with E-state index >= 15 is 0 Å². The van der Waals surface area contributed by atoms with E-state index in [-0.39, 0.29) is 0 Å². The fourth-order valence-electron chi connectivity index (χ4n) is 2.13. The second-order valence-corrected chi connectivity index (χ2v) is 5.18. The van der Waals surface area contributed by atoms with Crippen molar-refractivity contribution in [2.45, 2.75) is 26.4 Å². The first-order valence-electron chi connectivity index (χ1n) is 5.77. The van der Waals surface area contributed by atoms with E-state index in [1.165, 1.54) is 16.9 Å². The third kappa shape index (κ3) is 2.47. The van der Waals surface area contributed by atoms with Crippen LogP contribution in [0.1, 0.15) is 19.4 Å². The molecule has 1 heterocycles. The van der Waals surface area contributed by atoms with E-state index in [1.54, 1.807) is 0 Å². The van der Waals surface area contributed by atoms with Gasteiger partial charge in [0.05, 0.1) is 17.0 Å². The Labute approximate surface area is 97.1 Å². The number of benzene rings is 1. The van der Waals surface area contributed by atoms with Crippen molar-refractivity contribution in [1.29, 1.82) is 0 Å². The summed E-state index contributed by atoms with van der Waals surface area (Å²) in [5.74, 6) is 0. The van der Waals surface area contributed by atoms with Crippen LogP contribution < -0.4 is 10.2 Å². The Balaban J connectivity index is 2.28. The third-order valence-corrected chi connectivity index (χ3v) is 2.77. The molecule has 1 aromatic rings. The van der Waals surface area contributed by atoms with Crippen LogP contribution in [-0.2, 0) is 0 Å². The van der Waals surface area contributed by atoms with E-state index in [1.807, 2.05) is 13.8 Å². The van der Waals surface area contributed by atoms with Gasteiger partial charge in [-0.2, -0.15) is 0 Å². The molecule has 1 aromatic carbocycles. The summed E-state index contributed by atoms with van der Waals surface area (Å²) in [4.78, 5) is 2.25. The molecule has 1 aliphatic heterocycles. The van der Waals surface area contributed by atoms with Gasteiger partial charge in [-0.3, -0.25) is 0 Å². The van der Waals surface area contributed by atoms with Crippen molar-refractivity contribution in [1.82, 2.24) is 0 Å². The first kappa shape index (κ1) is 11.3. The maximum Gasteiger partial charge on any atom is 0.0765 e. The molecule has 0 atom stereocenters. The fraction of sp³-hybridized carbons (Fsp3) is 0.538. The summed E-state index contributed by atoms with van der Waals surface area (Å²) >= 11 is 0. The van der Waals surface area contributed by atoms with Gasteiger partial charge in [0.2, 0.25) is 0 Å². The molecule has 0 fully saturated rings. The summed E-state index contributed by atoms with van der Waals surface area (Å²) in [5.41, 5.74) is 2.97. The Morgan fingerprint density at radius 3 is 2.88 bits per heavy atom. The number of aliphatic hydroxyl groups is 1.